The quantitative estimate of drug-likeness (QED) is 0.111. The first kappa shape index (κ1) is 26.0. The van der Waals surface area contributed by atoms with Gasteiger partial charge in [0.05, 0.1) is 27.2 Å². The molecule has 0 aliphatic carbocycles. The molecule has 0 aliphatic heterocycles. The zero-order valence-electron chi connectivity index (χ0n) is 19.9. The third-order valence-corrected chi connectivity index (χ3v) is 6.95. The maximum Gasteiger partial charge on any atom is 0.343 e. The fraction of sp³-hybridized carbons (Fsp3) is 0.0345. The van der Waals surface area contributed by atoms with Crippen molar-refractivity contribution < 1.29 is 9.53 Å². The van der Waals surface area contributed by atoms with Crippen molar-refractivity contribution in [3.63, 3.8) is 0 Å². The molecule has 0 radical (unpaired) electrons. The topological polar surface area (TPSA) is 73.6 Å². The van der Waals surface area contributed by atoms with Gasteiger partial charge in [-0.2, -0.15) is 9.78 Å². The molecule has 0 fully saturated rings. The minimum Gasteiger partial charge on any atom is -0.421 e. The summed E-state index contributed by atoms with van der Waals surface area (Å²) in [6, 6.07) is 24.7. The smallest absolute Gasteiger partial charge is 0.343 e. The second-order valence-electron chi connectivity index (χ2n) is 8.39. The largest absolute Gasteiger partial charge is 0.421 e. The van der Waals surface area contributed by atoms with Crippen LogP contribution in [0.4, 0.5) is 0 Å². The van der Waals surface area contributed by atoms with E-state index in [0.29, 0.717) is 37.3 Å². The number of fused-ring (bicyclic) bond motifs is 1. The minimum atomic E-state index is -0.565. The Morgan fingerprint density at radius 1 is 1.00 bits per heavy atom. The Morgan fingerprint density at radius 2 is 1.76 bits per heavy atom. The molecule has 1 aromatic heterocycles. The van der Waals surface area contributed by atoms with E-state index in [4.69, 9.17) is 21.3 Å². The first-order valence-corrected chi connectivity index (χ1v) is 13.4. The molecule has 0 unspecified atom stereocenters. The van der Waals surface area contributed by atoms with E-state index < -0.39 is 5.97 Å². The van der Waals surface area contributed by atoms with Crippen LogP contribution in [-0.2, 0) is 0 Å². The third-order valence-electron chi connectivity index (χ3n) is 5.65. The van der Waals surface area contributed by atoms with Gasteiger partial charge in [0.25, 0.3) is 5.56 Å². The maximum atomic E-state index is 13.5. The molecule has 188 valence electrons. The molecule has 6 nitrogen and oxygen atoms in total. The van der Waals surface area contributed by atoms with Crippen LogP contribution in [-0.4, -0.2) is 21.8 Å². The number of para-hydroxylation sites is 1. The first-order valence-electron chi connectivity index (χ1n) is 11.4. The summed E-state index contributed by atoms with van der Waals surface area (Å²) in [6.45, 7) is 1.97. The summed E-state index contributed by atoms with van der Waals surface area (Å²) in [7, 11) is 0. The molecule has 5 aromatic rings. The van der Waals surface area contributed by atoms with Crippen LogP contribution in [0.1, 0.15) is 21.5 Å². The monoisotopic (exact) mass is 649 g/mol. The number of ether oxygens (including phenoxy) is 1. The summed E-state index contributed by atoms with van der Waals surface area (Å²) >= 11 is 12.9. The molecule has 5 rings (SSSR count). The molecule has 0 N–H and O–H groups in total. The molecule has 0 saturated carbocycles. The lowest BCUT2D eigenvalue weighted by Gasteiger charge is -2.12. The van der Waals surface area contributed by atoms with Crippen molar-refractivity contribution in [2.45, 2.75) is 6.92 Å². The molecular formula is C29H18Br2ClN3O3. The summed E-state index contributed by atoms with van der Waals surface area (Å²) in [5.74, 6) is 0.0718. The van der Waals surface area contributed by atoms with Crippen molar-refractivity contribution in [3.05, 3.63) is 126 Å². The van der Waals surface area contributed by atoms with Crippen LogP contribution in [0, 0.1) is 6.92 Å². The Morgan fingerprint density at radius 3 is 2.53 bits per heavy atom. The van der Waals surface area contributed by atoms with E-state index in [1.54, 1.807) is 54.6 Å². The number of aromatic nitrogens is 2. The van der Waals surface area contributed by atoms with Gasteiger partial charge >= 0.3 is 5.97 Å². The van der Waals surface area contributed by atoms with Crippen molar-refractivity contribution in [1.29, 1.82) is 0 Å². The molecule has 0 spiro atoms. The van der Waals surface area contributed by atoms with Gasteiger partial charge in [-0.05, 0) is 77.5 Å². The molecule has 0 bridgehead atoms. The van der Waals surface area contributed by atoms with Crippen molar-refractivity contribution in [1.82, 2.24) is 9.66 Å². The lowest BCUT2D eigenvalue weighted by Crippen LogP contribution is -2.20. The molecule has 0 saturated heterocycles. The summed E-state index contributed by atoms with van der Waals surface area (Å²) in [5.41, 5.74) is 2.82. The second-order valence-corrected chi connectivity index (χ2v) is 10.6. The molecule has 4 aromatic carbocycles. The van der Waals surface area contributed by atoms with E-state index in [-0.39, 0.29) is 11.3 Å². The highest BCUT2D eigenvalue weighted by molar-refractivity contribution is 9.11. The normalized spacial score (nSPS) is 11.3. The second kappa shape index (κ2) is 11.0. The van der Waals surface area contributed by atoms with Gasteiger partial charge in [-0.15, -0.1) is 0 Å². The van der Waals surface area contributed by atoms with Gasteiger partial charge < -0.3 is 4.74 Å². The molecule has 1 heterocycles. The third kappa shape index (κ3) is 5.48. The Hall–Kier alpha value is -3.59. The number of benzene rings is 4. The van der Waals surface area contributed by atoms with Crippen LogP contribution in [0.2, 0.25) is 5.02 Å². The summed E-state index contributed by atoms with van der Waals surface area (Å²) in [6.07, 6.45) is 1.47. The minimum absolute atomic E-state index is 0.246. The number of halogens is 3. The first-order chi connectivity index (χ1) is 18.3. The fourth-order valence-electron chi connectivity index (χ4n) is 3.84. The number of rotatable bonds is 5. The van der Waals surface area contributed by atoms with Crippen LogP contribution >= 0.6 is 43.5 Å². The van der Waals surface area contributed by atoms with Gasteiger partial charge in [-0.25, -0.2) is 9.78 Å². The number of esters is 1. The van der Waals surface area contributed by atoms with Crippen LogP contribution in [0.3, 0.4) is 0 Å². The van der Waals surface area contributed by atoms with Crippen LogP contribution in [0.5, 0.6) is 5.75 Å². The van der Waals surface area contributed by atoms with E-state index in [9.17, 15) is 9.59 Å². The highest BCUT2D eigenvalue weighted by atomic mass is 79.9. The summed E-state index contributed by atoms with van der Waals surface area (Å²) in [5, 5.41) is 5.48. The molecule has 0 atom stereocenters. The fourth-order valence-corrected chi connectivity index (χ4v) is 5.31. The van der Waals surface area contributed by atoms with Crippen LogP contribution in [0.25, 0.3) is 22.3 Å². The van der Waals surface area contributed by atoms with Gasteiger partial charge in [-0.1, -0.05) is 63.4 Å². The zero-order chi connectivity index (χ0) is 26.8. The van der Waals surface area contributed by atoms with Crippen molar-refractivity contribution >= 4 is 66.5 Å². The van der Waals surface area contributed by atoms with Gasteiger partial charge in [0.2, 0.25) is 0 Å². The average Bonchev–Trinajstić information content (AvgIpc) is 2.90. The average molecular weight is 652 g/mol. The van der Waals surface area contributed by atoms with E-state index in [0.717, 1.165) is 15.6 Å². The maximum absolute atomic E-state index is 13.5. The van der Waals surface area contributed by atoms with Crippen molar-refractivity contribution in [2.24, 2.45) is 5.10 Å². The van der Waals surface area contributed by atoms with Crippen LogP contribution in [0.15, 0.2) is 104 Å². The Bertz CT molecular complexity index is 1780. The van der Waals surface area contributed by atoms with Crippen molar-refractivity contribution in [2.75, 3.05) is 0 Å². The van der Waals surface area contributed by atoms with E-state index in [1.807, 2.05) is 37.3 Å². The van der Waals surface area contributed by atoms with Crippen LogP contribution < -0.4 is 10.3 Å². The van der Waals surface area contributed by atoms with Gasteiger partial charge in [0.15, 0.2) is 11.6 Å². The number of aryl methyl sites for hydroxylation is 1. The highest BCUT2D eigenvalue weighted by Crippen LogP contribution is 2.33. The number of nitrogens with zero attached hydrogens (tertiary/aromatic N) is 3. The van der Waals surface area contributed by atoms with Gasteiger partial charge in [-0.3, -0.25) is 4.79 Å². The van der Waals surface area contributed by atoms with Crippen molar-refractivity contribution in [3.8, 4) is 17.1 Å². The van der Waals surface area contributed by atoms with E-state index in [1.165, 1.54) is 10.9 Å². The zero-order valence-corrected chi connectivity index (χ0v) is 23.8. The number of hydrogen-bond acceptors (Lipinski definition) is 5. The Kier molecular flexibility index (Phi) is 7.56. The van der Waals surface area contributed by atoms with E-state index >= 15 is 0 Å². The molecule has 0 aliphatic rings. The lowest BCUT2D eigenvalue weighted by molar-refractivity contribution is 0.0733. The number of carbonyl (C=O) groups excluding carboxylic acids is 1. The molecule has 38 heavy (non-hydrogen) atoms. The Balaban J connectivity index is 1.62. The van der Waals surface area contributed by atoms with E-state index in [2.05, 4.69) is 37.0 Å². The highest BCUT2D eigenvalue weighted by Gasteiger charge is 2.17. The lowest BCUT2D eigenvalue weighted by atomic mass is 10.1. The van der Waals surface area contributed by atoms with Gasteiger partial charge in [0, 0.05) is 20.6 Å². The summed E-state index contributed by atoms with van der Waals surface area (Å²) < 4.78 is 8.24. The number of carbonyl (C=O) groups is 1. The predicted octanol–water partition coefficient (Wildman–Crippen LogP) is 7.65. The molecule has 9 heteroatoms. The van der Waals surface area contributed by atoms with Gasteiger partial charge in [0.1, 0.15) is 0 Å². The Labute approximate surface area is 239 Å². The number of hydrogen-bond donors (Lipinski definition) is 0. The standard InChI is InChI=1S/C29H18Br2ClN3O3/c1-17-5-4-6-19(13-17)27-34-25-8-3-2-7-23(25)28(36)35(27)33-16-20-14-21(30)15-24(31)26(20)38-29(37)18-9-11-22(32)12-10-18/h2-16H,1H3. The molecule has 0 amide bonds. The SMILES string of the molecule is Cc1cccc(-c2nc3ccccc3c(=O)n2N=Cc2cc(Br)cc(Br)c2OC(=O)c2ccc(Cl)cc2)c1. The summed E-state index contributed by atoms with van der Waals surface area (Å²) in [4.78, 5) is 31.1. The predicted molar refractivity (Wildman–Crippen MR) is 157 cm³/mol. The molecular weight excluding hydrogens is 634 g/mol.